The lowest BCUT2D eigenvalue weighted by Gasteiger charge is -2.18. The van der Waals surface area contributed by atoms with Gasteiger partial charge in [-0.05, 0) is 44.9 Å². The lowest BCUT2D eigenvalue weighted by atomic mass is 10.0. The van der Waals surface area contributed by atoms with Gasteiger partial charge in [0.25, 0.3) is 0 Å². The minimum absolute atomic E-state index is 0.0628. The van der Waals surface area contributed by atoms with Crippen LogP contribution in [0.2, 0.25) is 0 Å². The Bertz CT molecular complexity index is 1150. The molecule has 0 aliphatic rings. The maximum absolute atomic E-state index is 12.8. The van der Waals surface area contributed by atoms with E-state index in [9.17, 15) is 14.4 Å². The standard InChI is InChI=1S/C68H130O6/c1-4-7-10-13-16-19-21-23-24-25-26-27-28-29-30-31-32-33-34-35-36-37-38-39-40-41-42-43-44-46-47-49-52-55-58-61-67(70)73-64-65(63-72-66(69)60-57-54-51-18-15-12-9-6-3)74-68(71)62-59-56-53-50-48-45-22-20-17-14-11-8-5-2/h25-26,65H,4-24,27-64H2,1-3H3/b26-25-. The van der Waals surface area contributed by atoms with Crippen molar-refractivity contribution < 1.29 is 28.6 Å². The smallest absolute Gasteiger partial charge is 0.306 e. The van der Waals surface area contributed by atoms with Crippen molar-refractivity contribution in [2.24, 2.45) is 0 Å². The van der Waals surface area contributed by atoms with Gasteiger partial charge in [-0.25, -0.2) is 0 Å². The SMILES string of the molecule is CCCCCCCCCC/C=C\CCCCCCCCCCCCCCCCCCCCCCCCCC(=O)OCC(COC(=O)CCCCCCCCCC)OC(=O)CCCCCCCCCCCCCCC. The molecule has 0 spiro atoms. The van der Waals surface area contributed by atoms with Gasteiger partial charge in [-0.15, -0.1) is 0 Å². The first kappa shape index (κ1) is 72.2. The molecule has 438 valence electrons. The first-order chi connectivity index (χ1) is 36.5. The normalized spacial score (nSPS) is 12.0. The van der Waals surface area contributed by atoms with Crippen molar-refractivity contribution in [3.63, 3.8) is 0 Å². The molecule has 0 aromatic heterocycles. The fraction of sp³-hybridized carbons (Fsp3) is 0.926. The summed E-state index contributed by atoms with van der Waals surface area (Å²) in [6, 6.07) is 0. The Kier molecular flexibility index (Phi) is 62.1. The van der Waals surface area contributed by atoms with E-state index in [2.05, 4.69) is 32.9 Å². The van der Waals surface area contributed by atoms with Crippen LogP contribution in [0, 0.1) is 0 Å². The van der Waals surface area contributed by atoms with Gasteiger partial charge in [0, 0.05) is 19.3 Å². The Morgan fingerprint density at radius 2 is 0.446 bits per heavy atom. The molecule has 0 aliphatic carbocycles. The van der Waals surface area contributed by atoms with Gasteiger partial charge in [0.1, 0.15) is 13.2 Å². The molecule has 0 saturated heterocycles. The second-order valence-electron chi connectivity index (χ2n) is 23.1. The Morgan fingerprint density at radius 3 is 0.676 bits per heavy atom. The molecule has 0 radical (unpaired) electrons. The van der Waals surface area contributed by atoms with Gasteiger partial charge < -0.3 is 14.2 Å². The number of allylic oxidation sites excluding steroid dienone is 2. The average Bonchev–Trinajstić information content (AvgIpc) is 3.40. The summed E-state index contributed by atoms with van der Waals surface area (Å²) in [6.07, 6.45) is 75.6. The summed E-state index contributed by atoms with van der Waals surface area (Å²) in [5, 5.41) is 0. The molecular weight excluding hydrogens is 913 g/mol. The second kappa shape index (κ2) is 63.7. The fourth-order valence-corrected chi connectivity index (χ4v) is 10.4. The van der Waals surface area contributed by atoms with Gasteiger partial charge in [0.05, 0.1) is 0 Å². The van der Waals surface area contributed by atoms with Crippen LogP contribution in [0.5, 0.6) is 0 Å². The van der Waals surface area contributed by atoms with Crippen LogP contribution < -0.4 is 0 Å². The van der Waals surface area contributed by atoms with Gasteiger partial charge >= 0.3 is 17.9 Å². The van der Waals surface area contributed by atoms with Crippen molar-refractivity contribution >= 4 is 17.9 Å². The van der Waals surface area contributed by atoms with E-state index in [1.54, 1.807) is 0 Å². The summed E-state index contributed by atoms with van der Waals surface area (Å²) in [4.78, 5) is 38.0. The monoisotopic (exact) mass is 1040 g/mol. The van der Waals surface area contributed by atoms with E-state index in [1.165, 1.54) is 289 Å². The summed E-state index contributed by atoms with van der Waals surface area (Å²) in [5.74, 6) is -0.841. The van der Waals surface area contributed by atoms with E-state index in [0.717, 1.165) is 57.8 Å². The zero-order valence-electron chi connectivity index (χ0n) is 50.4. The summed E-state index contributed by atoms with van der Waals surface area (Å²) in [6.45, 7) is 6.67. The first-order valence-electron chi connectivity index (χ1n) is 33.7. The molecule has 0 fully saturated rings. The van der Waals surface area contributed by atoms with E-state index in [0.29, 0.717) is 19.3 Å². The summed E-state index contributed by atoms with van der Waals surface area (Å²) in [5.41, 5.74) is 0. The minimum Gasteiger partial charge on any atom is -0.462 e. The van der Waals surface area contributed by atoms with E-state index < -0.39 is 6.10 Å². The van der Waals surface area contributed by atoms with Crippen LogP contribution in [0.1, 0.15) is 387 Å². The van der Waals surface area contributed by atoms with E-state index in [4.69, 9.17) is 14.2 Å². The van der Waals surface area contributed by atoms with E-state index in [1.807, 2.05) is 0 Å². The summed E-state index contributed by atoms with van der Waals surface area (Å²) in [7, 11) is 0. The van der Waals surface area contributed by atoms with Crippen molar-refractivity contribution in [1.82, 2.24) is 0 Å². The molecule has 0 amide bonds. The quantitative estimate of drug-likeness (QED) is 0.0261. The highest BCUT2D eigenvalue weighted by molar-refractivity contribution is 5.71. The zero-order valence-corrected chi connectivity index (χ0v) is 50.4. The molecule has 1 unspecified atom stereocenters. The van der Waals surface area contributed by atoms with Crippen LogP contribution in [0.4, 0.5) is 0 Å². The third-order valence-electron chi connectivity index (χ3n) is 15.5. The van der Waals surface area contributed by atoms with Crippen LogP contribution in [-0.4, -0.2) is 37.2 Å². The molecule has 1 atom stereocenters. The van der Waals surface area contributed by atoms with Gasteiger partial charge in [0.15, 0.2) is 6.10 Å². The minimum atomic E-state index is -0.761. The molecule has 0 aromatic rings. The van der Waals surface area contributed by atoms with Crippen molar-refractivity contribution in [3.05, 3.63) is 12.2 Å². The Hall–Kier alpha value is -1.85. The molecular formula is C68H130O6. The topological polar surface area (TPSA) is 78.9 Å². The zero-order chi connectivity index (χ0) is 53.6. The Morgan fingerprint density at radius 1 is 0.257 bits per heavy atom. The maximum Gasteiger partial charge on any atom is 0.306 e. The number of ether oxygens (including phenoxy) is 3. The number of hydrogen-bond acceptors (Lipinski definition) is 6. The number of rotatable bonds is 63. The molecule has 0 heterocycles. The van der Waals surface area contributed by atoms with E-state index in [-0.39, 0.29) is 31.1 Å². The largest absolute Gasteiger partial charge is 0.462 e. The highest BCUT2D eigenvalue weighted by Crippen LogP contribution is 2.19. The second-order valence-corrected chi connectivity index (χ2v) is 23.1. The van der Waals surface area contributed by atoms with Gasteiger partial charge in [0.2, 0.25) is 0 Å². The lowest BCUT2D eigenvalue weighted by Crippen LogP contribution is -2.30. The third kappa shape index (κ3) is 61.0. The number of carbonyl (C=O) groups is 3. The maximum atomic E-state index is 12.8. The molecule has 0 rings (SSSR count). The first-order valence-corrected chi connectivity index (χ1v) is 33.7. The number of carbonyl (C=O) groups excluding carboxylic acids is 3. The number of hydrogen-bond donors (Lipinski definition) is 0. The van der Waals surface area contributed by atoms with Crippen LogP contribution in [-0.2, 0) is 28.6 Å². The Balaban J connectivity index is 3.88. The molecule has 6 heteroatoms. The molecule has 0 N–H and O–H groups in total. The predicted octanol–water partition coefficient (Wildman–Crippen LogP) is 22.8. The molecule has 0 saturated carbocycles. The highest BCUT2D eigenvalue weighted by Gasteiger charge is 2.19. The molecule has 0 bridgehead atoms. The molecule has 0 aromatic carbocycles. The highest BCUT2D eigenvalue weighted by atomic mass is 16.6. The van der Waals surface area contributed by atoms with Crippen molar-refractivity contribution in [2.45, 2.75) is 393 Å². The van der Waals surface area contributed by atoms with Crippen LogP contribution in [0.3, 0.4) is 0 Å². The van der Waals surface area contributed by atoms with Crippen molar-refractivity contribution in [1.29, 1.82) is 0 Å². The van der Waals surface area contributed by atoms with E-state index >= 15 is 0 Å². The average molecular weight is 1040 g/mol. The van der Waals surface area contributed by atoms with Crippen LogP contribution >= 0.6 is 0 Å². The van der Waals surface area contributed by atoms with Gasteiger partial charge in [-0.2, -0.15) is 0 Å². The van der Waals surface area contributed by atoms with Gasteiger partial charge in [-0.3, -0.25) is 14.4 Å². The summed E-state index contributed by atoms with van der Waals surface area (Å²) < 4.78 is 16.8. The molecule has 6 nitrogen and oxygen atoms in total. The Labute approximate surface area is 462 Å². The molecule has 74 heavy (non-hydrogen) atoms. The van der Waals surface area contributed by atoms with Crippen molar-refractivity contribution in [2.75, 3.05) is 13.2 Å². The summed E-state index contributed by atoms with van der Waals surface area (Å²) >= 11 is 0. The third-order valence-corrected chi connectivity index (χ3v) is 15.5. The van der Waals surface area contributed by atoms with Crippen LogP contribution in [0.25, 0.3) is 0 Å². The molecule has 0 aliphatic heterocycles. The number of esters is 3. The van der Waals surface area contributed by atoms with Crippen LogP contribution in [0.15, 0.2) is 12.2 Å². The fourth-order valence-electron chi connectivity index (χ4n) is 10.4. The van der Waals surface area contributed by atoms with Crippen molar-refractivity contribution in [3.8, 4) is 0 Å². The van der Waals surface area contributed by atoms with Gasteiger partial charge in [-0.1, -0.05) is 335 Å². The number of unbranched alkanes of at least 4 members (excludes halogenated alkanes) is 50. The predicted molar refractivity (Wildman–Crippen MR) is 321 cm³/mol. The lowest BCUT2D eigenvalue weighted by molar-refractivity contribution is -0.167.